The Bertz CT molecular complexity index is 1270. The third-order valence-electron chi connectivity index (χ3n) is 4.37. The Hall–Kier alpha value is -4.14. The summed E-state index contributed by atoms with van der Waals surface area (Å²) in [7, 11) is 3.44. The molecule has 9 nitrogen and oxygen atoms in total. The molecule has 0 saturated carbocycles. The van der Waals surface area contributed by atoms with Crippen LogP contribution in [0.1, 0.15) is 13.8 Å². The third kappa shape index (κ3) is 4.89. The first-order valence-corrected chi connectivity index (χ1v) is 9.42. The topological polar surface area (TPSA) is 99.7 Å². The standard InChI is InChI=1S/C22H23N5O4/c1-6-15(13-20(23-3)24-14(2)28)30-16-9-10-17-18(12-16)27(5)22(25-17)31-19-8-7-11-26(4)21(19)29/h6-13H,3H2,1-2,4-5H3,(H,24,28)/b15-6+,20-13+. The lowest BCUT2D eigenvalue weighted by atomic mass is 10.3. The van der Waals surface area contributed by atoms with Crippen LogP contribution in [0.5, 0.6) is 17.5 Å². The lowest BCUT2D eigenvalue weighted by Gasteiger charge is -2.09. The number of aryl methyl sites for hydroxylation is 2. The summed E-state index contributed by atoms with van der Waals surface area (Å²) in [6.45, 7) is 6.63. The fourth-order valence-electron chi connectivity index (χ4n) is 2.79. The first kappa shape index (κ1) is 21.6. The second-order valence-electron chi connectivity index (χ2n) is 6.66. The fourth-order valence-corrected chi connectivity index (χ4v) is 2.79. The number of benzene rings is 1. The van der Waals surface area contributed by atoms with Crippen LogP contribution in [0.25, 0.3) is 11.0 Å². The lowest BCUT2D eigenvalue weighted by Crippen LogP contribution is -2.18. The monoisotopic (exact) mass is 421 g/mol. The first-order chi connectivity index (χ1) is 14.8. The molecule has 0 fully saturated rings. The molecule has 3 rings (SSSR count). The Kier molecular flexibility index (Phi) is 6.35. The molecule has 0 radical (unpaired) electrons. The second kappa shape index (κ2) is 9.12. The molecule has 0 saturated heterocycles. The number of aliphatic imine (C=N–C) groups is 1. The van der Waals surface area contributed by atoms with Gasteiger partial charge in [0.15, 0.2) is 5.75 Å². The lowest BCUT2D eigenvalue weighted by molar-refractivity contribution is -0.118. The molecule has 0 spiro atoms. The fraction of sp³-hybridized carbons (Fsp3) is 0.182. The number of nitrogens with one attached hydrogen (secondary N) is 1. The van der Waals surface area contributed by atoms with Gasteiger partial charge in [-0.2, -0.15) is 4.98 Å². The number of carbonyl (C=O) groups excluding carboxylic acids is 1. The summed E-state index contributed by atoms with van der Waals surface area (Å²) in [4.78, 5) is 31.7. The SMILES string of the molecule is C=N/C(=C\C(=C/C)Oc1ccc2nc(Oc3cccn(C)c3=O)n(C)c2c1)NC(C)=O. The highest BCUT2D eigenvalue weighted by atomic mass is 16.5. The van der Waals surface area contributed by atoms with Crippen molar-refractivity contribution in [2.75, 3.05) is 0 Å². The number of allylic oxidation sites excluding steroid dienone is 2. The molecule has 1 N–H and O–H groups in total. The summed E-state index contributed by atoms with van der Waals surface area (Å²) in [6.07, 6.45) is 4.96. The van der Waals surface area contributed by atoms with Crippen LogP contribution in [0.2, 0.25) is 0 Å². The molecule has 0 aliphatic carbocycles. The number of hydrogen-bond acceptors (Lipinski definition) is 6. The predicted molar refractivity (Wildman–Crippen MR) is 118 cm³/mol. The van der Waals surface area contributed by atoms with E-state index in [2.05, 4.69) is 22.0 Å². The van der Waals surface area contributed by atoms with E-state index in [0.29, 0.717) is 17.0 Å². The average molecular weight is 421 g/mol. The van der Waals surface area contributed by atoms with Crippen LogP contribution in [0.4, 0.5) is 0 Å². The summed E-state index contributed by atoms with van der Waals surface area (Å²) in [5, 5.41) is 2.57. The Morgan fingerprint density at radius 2 is 2.06 bits per heavy atom. The highest BCUT2D eigenvalue weighted by Gasteiger charge is 2.13. The number of pyridine rings is 1. The van der Waals surface area contributed by atoms with E-state index in [9.17, 15) is 9.59 Å². The molecule has 1 amide bonds. The predicted octanol–water partition coefficient (Wildman–Crippen LogP) is 3.03. The van der Waals surface area contributed by atoms with Crippen LogP contribution in [0.3, 0.4) is 0 Å². The van der Waals surface area contributed by atoms with Crippen molar-refractivity contribution in [1.82, 2.24) is 19.4 Å². The number of amides is 1. The van der Waals surface area contributed by atoms with Crippen molar-refractivity contribution in [2.45, 2.75) is 13.8 Å². The minimum absolute atomic E-state index is 0.184. The van der Waals surface area contributed by atoms with Gasteiger partial charge >= 0.3 is 6.01 Å². The largest absolute Gasteiger partial charge is 0.458 e. The molecule has 2 heterocycles. The zero-order chi connectivity index (χ0) is 22.5. The molecule has 0 atom stereocenters. The van der Waals surface area contributed by atoms with Crippen LogP contribution in [0.15, 0.2) is 70.0 Å². The Morgan fingerprint density at radius 3 is 2.74 bits per heavy atom. The molecule has 0 aliphatic rings. The molecule has 0 bridgehead atoms. The maximum atomic E-state index is 12.2. The molecular formula is C22H23N5O4. The van der Waals surface area contributed by atoms with Crippen molar-refractivity contribution in [3.8, 4) is 17.5 Å². The van der Waals surface area contributed by atoms with E-state index in [-0.39, 0.29) is 29.0 Å². The summed E-state index contributed by atoms with van der Waals surface area (Å²) >= 11 is 0. The number of aromatic nitrogens is 3. The molecule has 160 valence electrons. The minimum atomic E-state index is -0.258. The van der Waals surface area contributed by atoms with Gasteiger partial charge in [0.05, 0.1) is 11.0 Å². The van der Waals surface area contributed by atoms with E-state index in [1.165, 1.54) is 11.5 Å². The van der Waals surface area contributed by atoms with E-state index in [4.69, 9.17) is 9.47 Å². The van der Waals surface area contributed by atoms with Gasteiger partial charge < -0.3 is 19.4 Å². The second-order valence-corrected chi connectivity index (χ2v) is 6.66. The number of carbonyl (C=O) groups is 1. The number of rotatable bonds is 7. The van der Waals surface area contributed by atoms with Gasteiger partial charge in [-0.05, 0) is 44.0 Å². The third-order valence-corrected chi connectivity index (χ3v) is 4.37. The molecule has 3 aromatic rings. The number of hydrogen-bond donors (Lipinski definition) is 1. The van der Waals surface area contributed by atoms with Gasteiger partial charge in [-0.15, -0.1) is 0 Å². The summed E-state index contributed by atoms with van der Waals surface area (Å²) in [5.74, 6) is 1.23. The smallest absolute Gasteiger partial charge is 0.302 e. The van der Waals surface area contributed by atoms with Gasteiger partial charge in [0, 0.05) is 39.4 Å². The summed E-state index contributed by atoms with van der Waals surface area (Å²) in [5.41, 5.74) is 1.18. The normalized spacial score (nSPS) is 12.0. The zero-order valence-corrected chi connectivity index (χ0v) is 17.7. The number of nitrogens with zero attached hydrogens (tertiary/aromatic N) is 4. The van der Waals surface area contributed by atoms with E-state index >= 15 is 0 Å². The Labute approximate surface area is 179 Å². The minimum Gasteiger partial charge on any atom is -0.458 e. The summed E-state index contributed by atoms with van der Waals surface area (Å²) in [6, 6.07) is 8.96. The number of fused-ring (bicyclic) bond motifs is 1. The molecule has 1 aromatic carbocycles. The van der Waals surface area contributed by atoms with Crippen LogP contribution < -0.4 is 20.3 Å². The van der Waals surface area contributed by atoms with Crippen molar-refractivity contribution < 1.29 is 14.3 Å². The van der Waals surface area contributed by atoms with Gasteiger partial charge in [0.1, 0.15) is 17.3 Å². The van der Waals surface area contributed by atoms with Crippen molar-refractivity contribution in [1.29, 1.82) is 0 Å². The van der Waals surface area contributed by atoms with Crippen molar-refractivity contribution in [3.63, 3.8) is 0 Å². The maximum absolute atomic E-state index is 12.2. The van der Waals surface area contributed by atoms with Crippen LogP contribution >= 0.6 is 0 Å². The molecule has 0 aliphatic heterocycles. The Morgan fingerprint density at radius 1 is 1.29 bits per heavy atom. The van der Waals surface area contributed by atoms with Gasteiger partial charge in [-0.25, -0.2) is 4.99 Å². The van der Waals surface area contributed by atoms with Crippen LogP contribution in [0, 0.1) is 0 Å². The van der Waals surface area contributed by atoms with E-state index < -0.39 is 0 Å². The zero-order valence-electron chi connectivity index (χ0n) is 17.7. The molecule has 2 aromatic heterocycles. The maximum Gasteiger partial charge on any atom is 0.302 e. The molecule has 0 unspecified atom stereocenters. The first-order valence-electron chi connectivity index (χ1n) is 9.42. The van der Waals surface area contributed by atoms with Crippen LogP contribution in [-0.2, 0) is 18.9 Å². The Balaban J connectivity index is 1.89. The van der Waals surface area contributed by atoms with Gasteiger partial charge in [0.2, 0.25) is 5.91 Å². The van der Waals surface area contributed by atoms with Crippen molar-refractivity contribution >= 4 is 23.7 Å². The number of ether oxygens (including phenoxy) is 2. The van der Waals surface area contributed by atoms with E-state index in [1.807, 2.05) is 0 Å². The van der Waals surface area contributed by atoms with Crippen molar-refractivity contribution in [2.24, 2.45) is 19.1 Å². The van der Waals surface area contributed by atoms with Gasteiger partial charge in [-0.1, -0.05) is 0 Å². The quantitative estimate of drug-likeness (QED) is 0.359. The van der Waals surface area contributed by atoms with Gasteiger partial charge in [0.25, 0.3) is 5.56 Å². The molecule has 31 heavy (non-hydrogen) atoms. The highest BCUT2D eigenvalue weighted by molar-refractivity contribution is 5.78. The summed E-state index contributed by atoms with van der Waals surface area (Å²) < 4.78 is 14.8. The van der Waals surface area contributed by atoms with E-state index in [0.717, 1.165) is 5.52 Å². The van der Waals surface area contributed by atoms with Crippen molar-refractivity contribution in [3.05, 3.63) is 70.6 Å². The highest BCUT2D eigenvalue weighted by Crippen LogP contribution is 2.27. The molecule has 9 heteroatoms. The van der Waals surface area contributed by atoms with Crippen LogP contribution in [-0.4, -0.2) is 26.7 Å². The van der Waals surface area contributed by atoms with Gasteiger partial charge in [-0.3, -0.25) is 14.2 Å². The number of imidazole rings is 1. The van der Waals surface area contributed by atoms with E-state index in [1.54, 1.807) is 74.3 Å². The molecular weight excluding hydrogens is 398 g/mol. The average Bonchev–Trinajstić information content (AvgIpc) is 3.05.